The first-order chi connectivity index (χ1) is 21.3. The number of nitrogens with zero attached hydrogens (tertiary/aromatic N) is 2. The Balaban J connectivity index is 1.46. The molecule has 1 saturated heterocycles. The third-order valence-electron chi connectivity index (χ3n) is 9.92. The van der Waals surface area contributed by atoms with Crippen LogP contribution in [0.15, 0.2) is 70.2 Å². The van der Waals surface area contributed by atoms with Crippen molar-refractivity contribution in [3.8, 4) is 0 Å². The minimum Gasteiger partial charge on any atom is -0.432 e. The molecule has 5 rings (SSSR count). The number of amides is 2. The number of aliphatic hydroxyl groups is 1. The first kappa shape index (κ1) is 33.8. The van der Waals surface area contributed by atoms with E-state index in [1.54, 1.807) is 9.80 Å². The van der Waals surface area contributed by atoms with Crippen LogP contribution in [0.5, 0.6) is 0 Å². The lowest BCUT2D eigenvalue weighted by Crippen LogP contribution is -2.48. The number of benzene rings is 2. The maximum Gasteiger partial charge on any atom is 0.264 e. The van der Waals surface area contributed by atoms with Gasteiger partial charge >= 0.3 is 0 Å². The van der Waals surface area contributed by atoms with Gasteiger partial charge in [0.15, 0.2) is 13.9 Å². The molecule has 2 N–H and O–H groups in total. The van der Waals surface area contributed by atoms with Crippen LogP contribution >= 0.6 is 15.9 Å². The average Bonchev–Trinajstić information content (AvgIpc) is 3.40. The van der Waals surface area contributed by atoms with Gasteiger partial charge in [0.25, 0.3) is 5.91 Å². The zero-order chi connectivity index (χ0) is 32.7. The van der Waals surface area contributed by atoms with Gasteiger partial charge in [0.1, 0.15) is 0 Å². The SMILES string of the molecule is CC(C)=CCC/C(C)=C/CN1C(=O)[C@@]2(O[C@@H](CC(=O)N3Cc4ccccc4C[C@H]3CO)[C@H]([Si](C)(C)O)[C@H]2C)c2cc(Br)ccc21. The molecule has 0 unspecified atom stereocenters. The van der Waals surface area contributed by atoms with Crippen molar-refractivity contribution < 1.29 is 24.2 Å². The Bertz CT molecular complexity index is 1510. The van der Waals surface area contributed by atoms with Gasteiger partial charge in [-0.1, -0.05) is 70.4 Å². The van der Waals surface area contributed by atoms with E-state index >= 15 is 0 Å². The summed E-state index contributed by atoms with van der Waals surface area (Å²) in [5.74, 6) is -0.631. The summed E-state index contributed by atoms with van der Waals surface area (Å²) in [6, 6.07) is 13.6. The summed E-state index contributed by atoms with van der Waals surface area (Å²) >= 11 is 3.62. The van der Waals surface area contributed by atoms with Crippen molar-refractivity contribution in [2.75, 3.05) is 18.1 Å². The number of aliphatic hydroxyl groups excluding tert-OH is 1. The fraction of sp³-hybridized carbons (Fsp3) is 0.500. The average molecular weight is 696 g/mol. The zero-order valence-electron chi connectivity index (χ0n) is 27.3. The summed E-state index contributed by atoms with van der Waals surface area (Å²) in [4.78, 5) is 43.8. The van der Waals surface area contributed by atoms with Crippen LogP contribution in [-0.2, 0) is 32.9 Å². The Morgan fingerprint density at radius 1 is 1.13 bits per heavy atom. The van der Waals surface area contributed by atoms with Crippen LogP contribution in [0.3, 0.4) is 0 Å². The minimum atomic E-state index is -2.94. The van der Waals surface area contributed by atoms with E-state index in [2.05, 4.69) is 48.9 Å². The fourth-order valence-electron chi connectivity index (χ4n) is 7.70. The molecule has 2 aromatic rings. The maximum absolute atomic E-state index is 14.6. The number of anilines is 1. The molecule has 0 aromatic heterocycles. The van der Waals surface area contributed by atoms with E-state index in [1.165, 1.54) is 11.1 Å². The van der Waals surface area contributed by atoms with Crippen LogP contribution in [0.25, 0.3) is 0 Å². The van der Waals surface area contributed by atoms with Gasteiger partial charge in [0.2, 0.25) is 5.91 Å². The van der Waals surface area contributed by atoms with Crippen LogP contribution in [0.2, 0.25) is 18.6 Å². The van der Waals surface area contributed by atoms with E-state index < -0.39 is 20.0 Å². The third-order valence-corrected chi connectivity index (χ3v) is 12.9. The number of ether oxygens (including phenoxy) is 1. The Kier molecular flexibility index (Phi) is 9.97. The smallest absolute Gasteiger partial charge is 0.264 e. The lowest BCUT2D eigenvalue weighted by molar-refractivity contribution is -0.150. The van der Waals surface area contributed by atoms with E-state index in [0.29, 0.717) is 19.5 Å². The van der Waals surface area contributed by atoms with E-state index in [4.69, 9.17) is 4.74 Å². The molecule has 2 aromatic carbocycles. The lowest BCUT2D eigenvalue weighted by atomic mass is 9.82. The number of hydrogen-bond donors (Lipinski definition) is 2. The van der Waals surface area contributed by atoms with Gasteiger partial charge in [0.05, 0.1) is 30.9 Å². The molecule has 2 amide bonds. The highest BCUT2D eigenvalue weighted by Crippen LogP contribution is 2.60. The lowest BCUT2D eigenvalue weighted by Gasteiger charge is -2.37. The Labute approximate surface area is 277 Å². The van der Waals surface area contributed by atoms with Gasteiger partial charge in [-0.15, -0.1) is 0 Å². The van der Waals surface area contributed by atoms with Crippen molar-refractivity contribution in [2.45, 2.75) is 96.3 Å². The van der Waals surface area contributed by atoms with Gasteiger partial charge in [-0.2, -0.15) is 0 Å². The Morgan fingerprint density at radius 2 is 1.84 bits per heavy atom. The van der Waals surface area contributed by atoms with Crippen LogP contribution in [0.1, 0.15) is 63.6 Å². The zero-order valence-corrected chi connectivity index (χ0v) is 29.9. The van der Waals surface area contributed by atoms with Crippen molar-refractivity contribution in [1.82, 2.24) is 4.90 Å². The number of fused-ring (bicyclic) bond motifs is 3. The van der Waals surface area contributed by atoms with Crippen LogP contribution in [0, 0.1) is 5.92 Å². The summed E-state index contributed by atoms with van der Waals surface area (Å²) < 4.78 is 7.75. The number of carbonyl (C=O) groups is 2. The molecule has 0 aliphatic carbocycles. The van der Waals surface area contributed by atoms with Gasteiger partial charge in [0, 0.05) is 34.6 Å². The van der Waals surface area contributed by atoms with Gasteiger partial charge in [-0.25, -0.2) is 0 Å². The molecule has 242 valence electrons. The number of carbonyl (C=O) groups excluding carboxylic acids is 2. The van der Waals surface area contributed by atoms with E-state index in [-0.39, 0.29) is 42.3 Å². The highest BCUT2D eigenvalue weighted by molar-refractivity contribution is 9.10. The van der Waals surface area contributed by atoms with Crippen molar-refractivity contribution in [2.24, 2.45) is 5.92 Å². The summed E-state index contributed by atoms with van der Waals surface area (Å²) in [7, 11) is -2.94. The predicted octanol–water partition coefficient (Wildman–Crippen LogP) is 6.62. The molecule has 3 heterocycles. The van der Waals surface area contributed by atoms with E-state index in [0.717, 1.165) is 39.7 Å². The van der Waals surface area contributed by atoms with Crippen molar-refractivity contribution in [3.05, 3.63) is 86.9 Å². The molecule has 7 nitrogen and oxygen atoms in total. The molecule has 3 aliphatic heterocycles. The molecule has 0 radical (unpaired) electrons. The fourth-order valence-corrected chi connectivity index (χ4v) is 10.6. The second kappa shape index (κ2) is 13.3. The summed E-state index contributed by atoms with van der Waals surface area (Å²) in [6.07, 6.45) is 6.20. The Hall–Kier alpha value is -2.56. The summed E-state index contributed by atoms with van der Waals surface area (Å²) in [5, 5.41) is 10.2. The molecule has 0 bridgehead atoms. The highest BCUT2D eigenvalue weighted by atomic mass is 79.9. The molecule has 1 fully saturated rings. The number of allylic oxidation sites excluding steroid dienone is 3. The summed E-state index contributed by atoms with van der Waals surface area (Å²) in [5.41, 5.74) is 4.65. The normalized spacial score (nSPS) is 26.3. The third kappa shape index (κ3) is 6.52. The second-order valence-electron chi connectivity index (χ2n) is 13.8. The van der Waals surface area contributed by atoms with Gasteiger partial charge in [-0.3, -0.25) is 9.59 Å². The van der Waals surface area contributed by atoms with Crippen LogP contribution in [0.4, 0.5) is 5.69 Å². The molecular formula is C36H47BrN2O5Si. The molecule has 45 heavy (non-hydrogen) atoms. The maximum atomic E-state index is 14.6. The van der Waals surface area contributed by atoms with Gasteiger partial charge in [-0.05, 0) is 82.5 Å². The molecule has 1 spiro atoms. The molecular weight excluding hydrogens is 648 g/mol. The summed E-state index contributed by atoms with van der Waals surface area (Å²) in [6.45, 7) is 12.7. The molecule has 9 heteroatoms. The first-order valence-corrected chi connectivity index (χ1v) is 19.9. The number of rotatable bonds is 9. The van der Waals surface area contributed by atoms with Crippen molar-refractivity contribution in [1.29, 1.82) is 0 Å². The highest BCUT2D eigenvalue weighted by Gasteiger charge is 2.66. The van der Waals surface area contributed by atoms with Gasteiger partial charge < -0.3 is 24.4 Å². The van der Waals surface area contributed by atoms with Crippen LogP contribution in [-0.4, -0.2) is 60.2 Å². The first-order valence-electron chi connectivity index (χ1n) is 16.1. The van der Waals surface area contributed by atoms with Crippen molar-refractivity contribution >= 4 is 41.7 Å². The molecule has 0 saturated carbocycles. The molecule has 3 aliphatic rings. The number of hydrogen-bond acceptors (Lipinski definition) is 5. The van der Waals surface area contributed by atoms with E-state index in [1.807, 2.05) is 62.5 Å². The van der Waals surface area contributed by atoms with Crippen molar-refractivity contribution in [3.63, 3.8) is 0 Å². The predicted molar refractivity (Wildman–Crippen MR) is 184 cm³/mol. The standard InChI is InChI=1S/C36H47BrN2O5Si/c1-23(2)10-9-11-24(3)16-17-38-31-15-14-28(37)19-30(31)36(35(38)42)25(4)34(45(5,6)43)32(44-36)20-33(41)39-21-27-13-8-7-12-26(27)18-29(39)22-40/h7-8,10,12-16,19,25,29,32,34,40,43H,9,11,17-18,20-22H2,1-6H3/b24-16+/t25-,29+,32+,34-,36+/m1/s1. The largest absolute Gasteiger partial charge is 0.432 e. The quantitative estimate of drug-likeness (QED) is 0.228. The minimum absolute atomic E-state index is 0.0341. The Morgan fingerprint density at radius 3 is 2.51 bits per heavy atom. The van der Waals surface area contributed by atoms with E-state index in [9.17, 15) is 19.5 Å². The number of halogens is 1. The van der Waals surface area contributed by atoms with Crippen LogP contribution < -0.4 is 4.90 Å². The second-order valence-corrected chi connectivity index (χ2v) is 18.7. The molecule has 5 atom stereocenters. The topological polar surface area (TPSA) is 90.3 Å². The monoisotopic (exact) mass is 694 g/mol.